The van der Waals surface area contributed by atoms with Gasteiger partial charge in [0, 0.05) is 68.1 Å². The van der Waals surface area contributed by atoms with Gasteiger partial charge < -0.3 is 16.0 Å². The standard InChI is InChI=1S/C27H44N6/c1-19-21(17-30-33(19)4)15-24-20(16-29-2)9-8-12-23(24)27(28)25-18-32(3)14-13-26(25)31-22-10-6-5-7-11-22/h8-9,17,19,21-23,29H,5-7,10-16,18,28H2,1-4H3. The van der Waals surface area contributed by atoms with Gasteiger partial charge in [-0.25, -0.2) is 0 Å². The average Bonchev–Trinajstić information content (AvgIpc) is 3.14. The fraction of sp³-hybridized carbons (Fsp3) is 0.704. The first kappa shape index (κ1) is 24.2. The van der Waals surface area contributed by atoms with Crippen molar-refractivity contribution in [3.8, 4) is 0 Å². The number of hydrogen-bond acceptors (Lipinski definition) is 6. The molecule has 2 aliphatic heterocycles. The maximum absolute atomic E-state index is 7.11. The van der Waals surface area contributed by atoms with Crippen LogP contribution in [0, 0.1) is 11.8 Å². The number of hydrazone groups is 1. The van der Waals surface area contributed by atoms with Crippen molar-refractivity contribution >= 4 is 11.9 Å². The van der Waals surface area contributed by atoms with Crippen molar-refractivity contribution in [2.45, 2.75) is 70.4 Å². The van der Waals surface area contributed by atoms with E-state index in [2.05, 4.69) is 59.7 Å². The fourth-order valence-corrected chi connectivity index (χ4v) is 5.87. The van der Waals surface area contributed by atoms with Gasteiger partial charge in [-0.3, -0.25) is 10.0 Å². The molecule has 3 unspecified atom stereocenters. The third-order valence-corrected chi connectivity index (χ3v) is 8.14. The van der Waals surface area contributed by atoms with Crippen molar-refractivity contribution in [2.75, 3.05) is 40.8 Å². The second-order valence-electron chi connectivity index (χ2n) is 10.5. The zero-order chi connectivity index (χ0) is 23.4. The van der Waals surface area contributed by atoms with Gasteiger partial charge in [-0.2, -0.15) is 5.10 Å². The molecular weight excluding hydrogens is 408 g/mol. The lowest BCUT2D eigenvalue weighted by Crippen LogP contribution is -2.37. The van der Waals surface area contributed by atoms with Gasteiger partial charge in [-0.15, -0.1) is 0 Å². The van der Waals surface area contributed by atoms with Crippen LogP contribution in [0.4, 0.5) is 0 Å². The van der Waals surface area contributed by atoms with Crippen molar-refractivity contribution in [3.05, 3.63) is 34.6 Å². The molecule has 0 aromatic carbocycles. The lowest BCUT2D eigenvalue weighted by atomic mass is 9.77. The third-order valence-electron chi connectivity index (χ3n) is 8.14. The molecular formula is C27H44N6. The molecule has 2 heterocycles. The molecule has 2 aliphatic carbocycles. The van der Waals surface area contributed by atoms with Crippen LogP contribution in [-0.2, 0) is 0 Å². The summed E-state index contributed by atoms with van der Waals surface area (Å²) in [6, 6.07) is 0.908. The van der Waals surface area contributed by atoms with Crippen molar-refractivity contribution < 1.29 is 0 Å². The smallest absolute Gasteiger partial charge is 0.0520 e. The second kappa shape index (κ2) is 11.0. The Labute approximate surface area is 200 Å². The number of allylic oxidation sites excluding steroid dienone is 2. The Morgan fingerprint density at radius 2 is 2.03 bits per heavy atom. The summed E-state index contributed by atoms with van der Waals surface area (Å²) in [7, 11) is 6.31. The van der Waals surface area contributed by atoms with E-state index >= 15 is 0 Å². The molecule has 0 aromatic heterocycles. The predicted molar refractivity (Wildman–Crippen MR) is 140 cm³/mol. The molecule has 0 radical (unpaired) electrons. The minimum atomic E-state index is 0.253. The summed E-state index contributed by atoms with van der Waals surface area (Å²) in [6.07, 6.45) is 16.3. The molecule has 182 valence electrons. The third kappa shape index (κ3) is 5.60. The molecule has 1 saturated carbocycles. The highest BCUT2D eigenvalue weighted by Gasteiger charge is 2.32. The Balaban J connectivity index is 1.67. The van der Waals surface area contributed by atoms with E-state index < -0.39 is 0 Å². The SMILES string of the molecule is CNCC1=C(CC2C=NN(C)C2C)C(C(N)=C2CN(C)CCC2=NC2CCCCC2)CC=C1. The highest BCUT2D eigenvalue weighted by molar-refractivity contribution is 6.02. The summed E-state index contributed by atoms with van der Waals surface area (Å²) in [5, 5.41) is 10.0. The highest BCUT2D eigenvalue weighted by Crippen LogP contribution is 2.37. The van der Waals surface area contributed by atoms with E-state index in [0.717, 1.165) is 44.6 Å². The Bertz CT molecular complexity index is 845. The first-order valence-corrected chi connectivity index (χ1v) is 13.0. The van der Waals surface area contributed by atoms with Crippen LogP contribution < -0.4 is 11.1 Å². The van der Waals surface area contributed by atoms with Crippen molar-refractivity contribution in [3.63, 3.8) is 0 Å². The molecule has 6 heteroatoms. The van der Waals surface area contributed by atoms with E-state index in [0.29, 0.717) is 18.0 Å². The number of likely N-dealkylation sites (N-methyl/N-ethyl adjacent to an activating group) is 2. The Morgan fingerprint density at radius 3 is 2.73 bits per heavy atom. The quantitative estimate of drug-likeness (QED) is 0.644. The van der Waals surface area contributed by atoms with Crippen LogP contribution in [0.3, 0.4) is 0 Å². The van der Waals surface area contributed by atoms with Gasteiger partial charge >= 0.3 is 0 Å². The molecule has 6 nitrogen and oxygen atoms in total. The van der Waals surface area contributed by atoms with Crippen LogP contribution in [0.25, 0.3) is 0 Å². The fourth-order valence-electron chi connectivity index (χ4n) is 5.87. The van der Waals surface area contributed by atoms with Gasteiger partial charge in [-0.1, -0.05) is 37.0 Å². The van der Waals surface area contributed by atoms with Crippen molar-refractivity contribution in [1.82, 2.24) is 15.2 Å². The van der Waals surface area contributed by atoms with E-state index in [1.54, 1.807) is 0 Å². The summed E-state index contributed by atoms with van der Waals surface area (Å²) in [5.74, 6) is 0.677. The molecule has 3 N–H and O–H groups in total. The second-order valence-corrected chi connectivity index (χ2v) is 10.5. The first-order valence-electron chi connectivity index (χ1n) is 13.0. The molecule has 33 heavy (non-hydrogen) atoms. The van der Waals surface area contributed by atoms with Crippen LogP contribution >= 0.6 is 0 Å². The molecule has 0 amide bonds. The maximum atomic E-state index is 7.11. The Morgan fingerprint density at radius 1 is 1.24 bits per heavy atom. The number of likely N-dealkylation sites (tertiary alicyclic amines) is 1. The van der Waals surface area contributed by atoms with Gasteiger partial charge in [0.25, 0.3) is 0 Å². The first-order chi connectivity index (χ1) is 16.0. The topological polar surface area (TPSA) is 69.2 Å². The molecule has 4 rings (SSSR count). The van der Waals surface area contributed by atoms with Crippen molar-refractivity contribution in [1.29, 1.82) is 0 Å². The van der Waals surface area contributed by atoms with E-state index in [4.69, 9.17) is 10.7 Å². The van der Waals surface area contributed by atoms with E-state index in [9.17, 15) is 0 Å². The lowest BCUT2D eigenvalue weighted by molar-refractivity contribution is 0.262. The Hall–Kier alpha value is -1.92. The number of hydrogen-bond donors (Lipinski definition) is 2. The van der Waals surface area contributed by atoms with Crippen LogP contribution in [-0.4, -0.2) is 74.7 Å². The summed E-state index contributed by atoms with van der Waals surface area (Å²) in [6.45, 7) is 5.14. The minimum absolute atomic E-state index is 0.253. The predicted octanol–water partition coefficient (Wildman–Crippen LogP) is 3.73. The number of rotatable bonds is 6. The number of aliphatic imine (C=N–C) groups is 1. The maximum Gasteiger partial charge on any atom is 0.0520 e. The van der Waals surface area contributed by atoms with Gasteiger partial charge in [0.2, 0.25) is 0 Å². The number of nitrogens with one attached hydrogen (secondary N) is 1. The van der Waals surface area contributed by atoms with Crippen LogP contribution in [0.1, 0.15) is 58.3 Å². The summed E-state index contributed by atoms with van der Waals surface area (Å²) in [4.78, 5) is 7.71. The lowest BCUT2D eigenvalue weighted by Gasteiger charge is -2.34. The van der Waals surface area contributed by atoms with Crippen LogP contribution in [0.2, 0.25) is 0 Å². The minimum Gasteiger partial charge on any atom is -0.401 e. The van der Waals surface area contributed by atoms with Gasteiger partial charge in [0.15, 0.2) is 0 Å². The van der Waals surface area contributed by atoms with E-state index in [-0.39, 0.29) is 5.92 Å². The normalized spacial score (nSPS) is 32.3. The summed E-state index contributed by atoms with van der Waals surface area (Å²) in [5.41, 5.74) is 13.6. The molecule has 0 aromatic rings. The van der Waals surface area contributed by atoms with Gasteiger partial charge in [0.1, 0.15) is 0 Å². The highest BCUT2D eigenvalue weighted by atomic mass is 15.5. The molecule has 2 fully saturated rings. The molecule has 4 aliphatic rings. The number of piperidine rings is 1. The van der Waals surface area contributed by atoms with Crippen molar-refractivity contribution in [2.24, 2.45) is 27.7 Å². The molecule has 0 spiro atoms. The Kier molecular flexibility index (Phi) is 8.07. The number of nitrogens with zero attached hydrogens (tertiary/aromatic N) is 4. The van der Waals surface area contributed by atoms with E-state index in [1.807, 2.05) is 7.05 Å². The average molecular weight is 453 g/mol. The number of nitrogens with two attached hydrogens (primary N) is 1. The largest absolute Gasteiger partial charge is 0.401 e. The van der Waals surface area contributed by atoms with Crippen LogP contribution in [0.5, 0.6) is 0 Å². The van der Waals surface area contributed by atoms with E-state index in [1.165, 1.54) is 54.5 Å². The molecule has 1 saturated heterocycles. The zero-order valence-electron chi connectivity index (χ0n) is 21.2. The zero-order valence-corrected chi connectivity index (χ0v) is 21.2. The molecule has 3 atom stereocenters. The molecule has 0 bridgehead atoms. The van der Waals surface area contributed by atoms with Crippen LogP contribution in [0.15, 0.2) is 44.7 Å². The monoisotopic (exact) mass is 452 g/mol. The summed E-state index contributed by atoms with van der Waals surface area (Å²) < 4.78 is 0. The van der Waals surface area contributed by atoms with Gasteiger partial charge in [0.05, 0.1) is 12.1 Å². The van der Waals surface area contributed by atoms with Gasteiger partial charge in [-0.05, 0) is 52.3 Å². The summed E-state index contributed by atoms with van der Waals surface area (Å²) >= 11 is 0.